The van der Waals surface area contributed by atoms with Crippen molar-refractivity contribution in [1.82, 2.24) is 4.90 Å². The molecular formula is C18H33I2N2O-. The van der Waals surface area contributed by atoms with E-state index in [9.17, 15) is 0 Å². The first-order valence-electron chi connectivity index (χ1n) is 9.00. The minimum atomic E-state index is -1.24. The first-order chi connectivity index (χ1) is 11.1. The summed E-state index contributed by atoms with van der Waals surface area (Å²) in [4.78, 5) is 2.74. The van der Waals surface area contributed by atoms with Crippen molar-refractivity contribution in [2.45, 2.75) is 74.9 Å². The van der Waals surface area contributed by atoms with Crippen molar-refractivity contribution in [3.8, 4) is 0 Å². The molecule has 2 aliphatic carbocycles. The van der Waals surface area contributed by atoms with Crippen LogP contribution in [0.15, 0.2) is 11.3 Å². The van der Waals surface area contributed by atoms with Crippen molar-refractivity contribution >= 4 is 20.1 Å². The molecule has 2 fully saturated rings. The van der Waals surface area contributed by atoms with E-state index >= 15 is 0 Å². The Morgan fingerprint density at radius 1 is 1.17 bits per heavy atom. The van der Waals surface area contributed by atoms with Gasteiger partial charge in [0.1, 0.15) is 0 Å². The zero-order valence-electron chi connectivity index (χ0n) is 14.9. The van der Waals surface area contributed by atoms with Crippen molar-refractivity contribution < 1.29 is 25.9 Å². The van der Waals surface area contributed by atoms with Crippen molar-refractivity contribution in [1.29, 1.82) is 0 Å². The molecule has 1 heterocycles. The summed E-state index contributed by atoms with van der Waals surface area (Å²) in [5.74, 6) is 0.860. The van der Waals surface area contributed by atoms with Crippen LogP contribution in [0.3, 0.4) is 0 Å². The van der Waals surface area contributed by atoms with Gasteiger partial charge in [0, 0.05) is 0 Å². The molecule has 0 radical (unpaired) electrons. The number of hydrogen-bond acceptors (Lipinski definition) is 3. The third-order valence-electron chi connectivity index (χ3n) is 6.06. The third-order valence-corrected chi connectivity index (χ3v) is 18.4. The molecule has 136 valence electrons. The Bertz CT molecular complexity index is 435. The summed E-state index contributed by atoms with van der Waals surface area (Å²) in [6.45, 7) is 4.72. The van der Waals surface area contributed by atoms with Gasteiger partial charge in [0.2, 0.25) is 0 Å². The van der Waals surface area contributed by atoms with Gasteiger partial charge in [0.05, 0.1) is 0 Å². The fourth-order valence-electron chi connectivity index (χ4n) is 4.51. The van der Waals surface area contributed by atoms with Crippen LogP contribution in [0.25, 0.3) is 0 Å². The molecule has 0 bridgehead atoms. The van der Waals surface area contributed by atoms with Gasteiger partial charge in [-0.05, 0) is 0 Å². The van der Waals surface area contributed by atoms with Crippen molar-refractivity contribution in [2.24, 2.45) is 9.86 Å². The predicted molar refractivity (Wildman–Crippen MR) is 102 cm³/mol. The molecule has 0 amide bonds. The number of nitrogens with zero attached hydrogens (tertiary/aromatic N) is 1. The Kier molecular flexibility index (Phi) is 6.94. The second kappa shape index (κ2) is 8.54. The number of fused-ring (bicyclic) bond motifs is 1. The quantitative estimate of drug-likeness (QED) is 0.235. The molecule has 0 aromatic rings. The summed E-state index contributed by atoms with van der Waals surface area (Å²) in [7, 11) is 1.87. The third kappa shape index (κ3) is 4.37. The summed E-state index contributed by atoms with van der Waals surface area (Å²) < 4.78 is 15.9. The van der Waals surface area contributed by atoms with E-state index in [-0.39, 0.29) is 0 Å². The SMILES string of the molecule is COC1CCC([I-]CI(N)CN2C(C)=C(C)C3CCC[C@H]32)CC1. The Balaban J connectivity index is 1.44. The number of halogens is 2. The van der Waals surface area contributed by atoms with Crippen molar-refractivity contribution in [3.05, 3.63) is 11.3 Å². The van der Waals surface area contributed by atoms with E-state index in [0.29, 0.717) is 27.3 Å². The van der Waals surface area contributed by atoms with Gasteiger partial charge in [-0.3, -0.25) is 0 Å². The van der Waals surface area contributed by atoms with E-state index in [0.717, 1.165) is 15.9 Å². The molecule has 0 aromatic heterocycles. The molecule has 5 heteroatoms. The van der Waals surface area contributed by atoms with Gasteiger partial charge in [-0.1, -0.05) is 0 Å². The predicted octanol–water partition coefficient (Wildman–Crippen LogP) is 1.11. The van der Waals surface area contributed by atoms with Gasteiger partial charge in [-0.25, -0.2) is 0 Å². The monoisotopic (exact) mass is 547 g/mol. The van der Waals surface area contributed by atoms with E-state index in [4.69, 9.17) is 8.68 Å². The Hall–Kier alpha value is 0.920. The van der Waals surface area contributed by atoms with Crippen LogP contribution in [0.4, 0.5) is 0 Å². The van der Waals surface area contributed by atoms with Crippen LogP contribution in [-0.4, -0.2) is 35.1 Å². The topological polar surface area (TPSA) is 38.5 Å². The van der Waals surface area contributed by atoms with Crippen LogP contribution < -0.4 is 25.2 Å². The molecular weight excluding hydrogens is 514 g/mol. The average Bonchev–Trinajstić information content (AvgIpc) is 3.13. The summed E-state index contributed by atoms with van der Waals surface area (Å²) in [5.41, 5.74) is 3.25. The zero-order chi connectivity index (χ0) is 16.4. The van der Waals surface area contributed by atoms with Crippen LogP contribution >= 0.6 is 20.1 Å². The van der Waals surface area contributed by atoms with Gasteiger partial charge in [-0.2, -0.15) is 0 Å². The van der Waals surface area contributed by atoms with Gasteiger partial charge < -0.3 is 0 Å². The normalized spacial score (nSPS) is 35.1. The molecule has 2 N–H and O–H groups in total. The number of methoxy groups -OCH3 is 1. The van der Waals surface area contributed by atoms with Crippen molar-refractivity contribution in [3.63, 3.8) is 0 Å². The minimum absolute atomic E-state index is 0.322. The zero-order valence-corrected chi connectivity index (χ0v) is 19.2. The molecule has 1 unspecified atom stereocenters. The molecule has 23 heavy (non-hydrogen) atoms. The van der Waals surface area contributed by atoms with E-state index in [1.54, 1.807) is 11.3 Å². The summed E-state index contributed by atoms with van der Waals surface area (Å²) in [5, 5.41) is 0. The molecule has 0 saturated heterocycles. The first kappa shape index (κ1) is 18.7. The Labute approximate surface area is 160 Å². The molecule has 0 spiro atoms. The van der Waals surface area contributed by atoms with Gasteiger partial charge in [0.25, 0.3) is 0 Å². The molecule has 3 nitrogen and oxygen atoms in total. The molecule has 3 aliphatic rings. The van der Waals surface area contributed by atoms with Crippen LogP contribution in [0, 0.1) is 5.92 Å². The van der Waals surface area contributed by atoms with Crippen LogP contribution in [0.2, 0.25) is 0 Å². The molecule has 2 saturated carbocycles. The van der Waals surface area contributed by atoms with Crippen LogP contribution in [-0.2, 0) is 4.74 Å². The number of nitrogens with two attached hydrogens (primary N) is 1. The van der Waals surface area contributed by atoms with Crippen LogP contribution in [0.5, 0.6) is 0 Å². The second-order valence-electron chi connectivity index (χ2n) is 7.33. The second-order valence-corrected chi connectivity index (χ2v) is 17.9. The number of hydrogen-bond donors (Lipinski definition) is 1. The average molecular weight is 547 g/mol. The van der Waals surface area contributed by atoms with Gasteiger partial charge >= 0.3 is 161 Å². The number of rotatable bonds is 6. The van der Waals surface area contributed by atoms with Gasteiger partial charge in [0.15, 0.2) is 0 Å². The Morgan fingerprint density at radius 2 is 1.91 bits per heavy atom. The standard InChI is InChI=1S/C18H33I2N2O/c1-13-14(2)22(18-6-4-5-17(13)18)12-20(21)11-19-15-7-9-16(23-3)10-8-15/h15-18H,4-12,21H2,1-3H3/q-1/t15?,16?,17?,18-/m1/s1. The number of alkyl halides is 4. The fraction of sp³-hybridized carbons (Fsp3) is 0.889. The van der Waals surface area contributed by atoms with E-state index < -0.39 is 20.1 Å². The van der Waals surface area contributed by atoms with Crippen molar-refractivity contribution in [2.75, 3.05) is 14.1 Å². The van der Waals surface area contributed by atoms with Crippen LogP contribution in [0.1, 0.15) is 58.8 Å². The summed E-state index contributed by atoms with van der Waals surface area (Å²) >= 11 is -0.919. The fourth-order valence-corrected chi connectivity index (χ4v) is 16.4. The Morgan fingerprint density at radius 3 is 2.61 bits per heavy atom. The van der Waals surface area contributed by atoms with E-state index in [1.807, 2.05) is 7.11 Å². The molecule has 0 aromatic carbocycles. The van der Waals surface area contributed by atoms with E-state index in [2.05, 4.69) is 18.7 Å². The van der Waals surface area contributed by atoms with E-state index in [1.165, 1.54) is 51.9 Å². The first-order valence-corrected chi connectivity index (χ1v) is 16.1. The molecule has 3 rings (SSSR count). The number of ether oxygens (including phenoxy) is 1. The summed E-state index contributed by atoms with van der Waals surface area (Å²) in [6, 6.07) is 0.814. The maximum atomic E-state index is 6.71. The van der Waals surface area contributed by atoms with Gasteiger partial charge in [-0.15, -0.1) is 0 Å². The maximum absolute atomic E-state index is 6.71. The number of allylic oxidation sites excluding steroid dienone is 1. The summed E-state index contributed by atoms with van der Waals surface area (Å²) in [6.07, 6.45) is 10.2. The molecule has 1 aliphatic heterocycles. The molecule has 2 atom stereocenters.